The van der Waals surface area contributed by atoms with E-state index < -0.39 is 0 Å². The van der Waals surface area contributed by atoms with E-state index in [2.05, 4.69) is 69.4 Å². The van der Waals surface area contributed by atoms with E-state index in [4.69, 9.17) is 4.74 Å². The maximum atomic E-state index is 12.3. The van der Waals surface area contributed by atoms with E-state index in [-0.39, 0.29) is 11.4 Å². The van der Waals surface area contributed by atoms with Gasteiger partial charge in [0, 0.05) is 5.41 Å². The van der Waals surface area contributed by atoms with E-state index >= 15 is 0 Å². The van der Waals surface area contributed by atoms with Crippen LogP contribution in [-0.4, -0.2) is 38.1 Å². The number of likely N-dealkylation sites (N-methyl/N-ethyl adjacent to an activating group) is 1. The molecule has 0 bridgehead atoms. The number of hydrogen-bond donors (Lipinski definition) is 0. The Bertz CT molecular complexity index is 715. The molecule has 0 rings (SSSR count). The fraction of sp³-hybridized carbons (Fsp3) is 0.791. The average molecular weight is 642 g/mol. The van der Waals surface area contributed by atoms with Crippen LogP contribution in [0, 0.1) is 5.41 Å². The molecular weight excluding hydrogens is 562 g/mol. The van der Waals surface area contributed by atoms with E-state index in [0.717, 1.165) is 25.7 Å². The van der Waals surface area contributed by atoms with Crippen LogP contribution in [0.4, 0.5) is 0 Å². The van der Waals surface area contributed by atoms with Crippen LogP contribution in [0.2, 0.25) is 0 Å². The van der Waals surface area contributed by atoms with Gasteiger partial charge < -0.3 is 4.74 Å². The van der Waals surface area contributed by atoms with Crippen molar-refractivity contribution >= 4 is 5.97 Å². The van der Waals surface area contributed by atoms with Gasteiger partial charge in [0.25, 0.3) is 0 Å². The average Bonchev–Trinajstić information content (AvgIpc) is 3.03. The van der Waals surface area contributed by atoms with Crippen LogP contribution in [0.1, 0.15) is 188 Å². The minimum absolute atomic E-state index is 0.0923. The summed E-state index contributed by atoms with van der Waals surface area (Å²) in [5.74, 6) is -0.0923. The smallest absolute Gasteiger partial charge is 0.320 e. The molecule has 0 aromatic rings. The van der Waals surface area contributed by atoms with Crippen molar-refractivity contribution in [1.82, 2.24) is 4.90 Å². The molecule has 268 valence electrons. The van der Waals surface area contributed by atoms with Gasteiger partial charge in [-0.25, -0.2) is 0 Å². The van der Waals surface area contributed by atoms with Crippen LogP contribution in [0.3, 0.4) is 0 Å². The fourth-order valence-corrected chi connectivity index (χ4v) is 5.91. The molecule has 0 fully saturated rings. The van der Waals surface area contributed by atoms with Crippen LogP contribution in [0.25, 0.3) is 0 Å². The van der Waals surface area contributed by atoms with E-state index in [0.29, 0.717) is 13.2 Å². The highest BCUT2D eigenvalue weighted by atomic mass is 16.5. The summed E-state index contributed by atoms with van der Waals surface area (Å²) in [6.45, 7) is 7.82. The SMILES string of the molecule is CCCCCC=CCC=CCCCCCCCCC(C)(CCCCCCCCC=CCC=CCCCCC)COC(=O)CN(C)C. The normalized spacial score (nSPS) is 13.7. The first-order valence-corrected chi connectivity index (χ1v) is 19.8. The van der Waals surface area contributed by atoms with Gasteiger partial charge in [-0.3, -0.25) is 9.69 Å². The molecule has 0 aliphatic carbocycles. The predicted molar refractivity (Wildman–Crippen MR) is 206 cm³/mol. The topological polar surface area (TPSA) is 29.5 Å². The van der Waals surface area contributed by atoms with Crippen molar-refractivity contribution in [3.63, 3.8) is 0 Å². The second-order valence-electron chi connectivity index (χ2n) is 14.4. The van der Waals surface area contributed by atoms with Gasteiger partial charge in [0.05, 0.1) is 13.2 Å². The maximum absolute atomic E-state index is 12.3. The van der Waals surface area contributed by atoms with Gasteiger partial charge >= 0.3 is 5.97 Å². The highest BCUT2D eigenvalue weighted by molar-refractivity contribution is 5.71. The summed E-state index contributed by atoms with van der Waals surface area (Å²) >= 11 is 0. The Hall–Kier alpha value is -1.61. The van der Waals surface area contributed by atoms with Crippen LogP contribution in [0.5, 0.6) is 0 Å². The third kappa shape index (κ3) is 33.7. The Labute approximate surface area is 288 Å². The number of allylic oxidation sites excluding steroid dienone is 8. The third-order valence-electron chi connectivity index (χ3n) is 8.99. The van der Waals surface area contributed by atoms with Crippen molar-refractivity contribution in [1.29, 1.82) is 0 Å². The number of esters is 1. The first kappa shape index (κ1) is 44.4. The Morgan fingerprint density at radius 3 is 1.24 bits per heavy atom. The molecule has 0 atom stereocenters. The molecule has 0 aromatic heterocycles. The number of unbranched alkanes of at least 4 members (excludes halogenated alkanes) is 18. The van der Waals surface area contributed by atoms with E-state index in [1.165, 1.54) is 141 Å². The number of hydrogen-bond acceptors (Lipinski definition) is 3. The summed E-state index contributed by atoms with van der Waals surface area (Å²) in [5.41, 5.74) is 0.104. The number of ether oxygens (including phenoxy) is 1. The number of nitrogens with zero attached hydrogens (tertiary/aromatic N) is 1. The van der Waals surface area contributed by atoms with Crippen molar-refractivity contribution in [2.24, 2.45) is 5.41 Å². The molecule has 0 aliphatic heterocycles. The Morgan fingerprint density at radius 2 is 0.870 bits per heavy atom. The lowest BCUT2D eigenvalue weighted by Crippen LogP contribution is -2.30. The summed E-state index contributed by atoms with van der Waals surface area (Å²) in [7, 11) is 3.85. The molecule has 0 unspecified atom stereocenters. The van der Waals surface area contributed by atoms with Gasteiger partial charge in [-0.05, 0) is 91.1 Å². The molecule has 46 heavy (non-hydrogen) atoms. The minimum Gasteiger partial charge on any atom is -0.464 e. The monoisotopic (exact) mass is 642 g/mol. The molecule has 0 saturated carbocycles. The van der Waals surface area contributed by atoms with Crippen molar-refractivity contribution < 1.29 is 9.53 Å². The zero-order valence-electron chi connectivity index (χ0n) is 31.7. The zero-order valence-corrected chi connectivity index (χ0v) is 31.7. The minimum atomic E-state index is -0.0923. The Morgan fingerprint density at radius 1 is 0.522 bits per heavy atom. The molecule has 0 amide bonds. The molecule has 3 heteroatoms. The Kier molecular flexibility index (Phi) is 33.5. The van der Waals surface area contributed by atoms with Crippen LogP contribution in [0.15, 0.2) is 48.6 Å². The van der Waals surface area contributed by atoms with Gasteiger partial charge in [0.2, 0.25) is 0 Å². The second kappa shape index (κ2) is 34.7. The zero-order chi connectivity index (χ0) is 33.8. The molecule has 0 aliphatic rings. The predicted octanol–water partition coefficient (Wildman–Crippen LogP) is 13.5. The summed E-state index contributed by atoms with van der Waals surface area (Å²) in [6.07, 6.45) is 51.8. The van der Waals surface area contributed by atoms with Crippen molar-refractivity contribution in [3.8, 4) is 0 Å². The van der Waals surface area contributed by atoms with Crippen LogP contribution in [-0.2, 0) is 9.53 Å². The molecule has 3 nitrogen and oxygen atoms in total. The summed E-state index contributed by atoms with van der Waals surface area (Å²) < 4.78 is 5.77. The van der Waals surface area contributed by atoms with Crippen molar-refractivity contribution in [2.75, 3.05) is 27.2 Å². The second-order valence-corrected chi connectivity index (χ2v) is 14.4. The molecule has 0 heterocycles. The van der Waals surface area contributed by atoms with Gasteiger partial charge in [0.15, 0.2) is 0 Å². The standard InChI is InChI=1S/C43H79NO2/c1-6-8-10-12-14-16-18-20-22-24-26-28-30-32-34-36-38-43(3,41-46-42(45)40-44(4)5)39-37-35-33-31-29-27-25-23-21-19-17-15-13-11-9-7-2/h14-17,20-23H,6-13,18-19,24-41H2,1-5H3. The lowest BCUT2D eigenvalue weighted by molar-refractivity contribution is -0.148. The van der Waals surface area contributed by atoms with Crippen LogP contribution < -0.4 is 0 Å². The van der Waals surface area contributed by atoms with Gasteiger partial charge in [-0.15, -0.1) is 0 Å². The lowest BCUT2D eigenvalue weighted by Gasteiger charge is -2.29. The molecule has 0 saturated heterocycles. The Balaban J connectivity index is 4.10. The van der Waals surface area contributed by atoms with E-state index in [1.807, 2.05) is 19.0 Å². The first-order chi connectivity index (χ1) is 22.4. The van der Waals surface area contributed by atoms with Crippen molar-refractivity contribution in [2.45, 2.75) is 188 Å². The summed E-state index contributed by atoms with van der Waals surface area (Å²) in [4.78, 5) is 14.2. The maximum Gasteiger partial charge on any atom is 0.320 e. The van der Waals surface area contributed by atoms with Gasteiger partial charge in [-0.1, -0.05) is 159 Å². The van der Waals surface area contributed by atoms with Crippen LogP contribution >= 0.6 is 0 Å². The van der Waals surface area contributed by atoms with Gasteiger partial charge in [-0.2, -0.15) is 0 Å². The quantitative estimate of drug-likeness (QED) is 0.0398. The molecule has 0 N–H and O–H groups in total. The highest BCUT2D eigenvalue weighted by Gasteiger charge is 2.25. The largest absolute Gasteiger partial charge is 0.464 e. The molecule has 0 spiro atoms. The first-order valence-electron chi connectivity index (χ1n) is 19.8. The highest BCUT2D eigenvalue weighted by Crippen LogP contribution is 2.32. The van der Waals surface area contributed by atoms with E-state index in [1.54, 1.807) is 0 Å². The van der Waals surface area contributed by atoms with Crippen molar-refractivity contribution in [3.05, 3.63) is 48.6 Å². The molecule has 0 radical (unpaired) electrons. The number of carbonyl (C=O) groups is 1. The molecular formula is C43H79NO2. The summed E-state index contributed by atoms with van der Waals surface area (Å²) in [5, 5.41) is 0. The molecule has 0 aromatic carbocycles. The lowest BCUT2D eigenvalue weighted by atomic mass is 9.80. The number of rotatable bonds is 34. The fourth-order valence-electron chi connectivity index (χ4n) is 5.91. The third-order valence-corrected chi connectivity index (χ3v) is 8.99. The van der Waals surface area contributed by atoms with Gasteiger partial charge in [0.1, 0.15) is 0 Å². The summed E-state index contributed by atoms with van der Waals surface area (Å²) in [6, 6.07) is 0. The van der Waals surface area contributed by atoms with E-state index in [9.17, 15) is 4.79 Å². The number of carbonyl (C=O) groups excluding carboxylic acids is 1.